The highest BCUT2D eigenvalue weighted by Crippen LogP contribution is 2.21. The maximum atomic E-state index is 9.14. The van der Waals surface area contributed by atoms with Gasteiger partial charge in [0.05, 0.1) is 0 Å². The monoisotopic (exact) mass is 245 g/mol. The number of nitrogens with one attached hydrogen (secondary N) is 1. The summed E-state index contributed by atoms with van der Waals surface area (Å²) in [6.07, 6.45) is 6.10. The summed E-state index contributed by atoms with van der Waals surface area (Å²) in [7, 11) is 0. The van der Waals surface area contributed by atoms with Gasteiger partial charge in [-0.25, -0.2) is 4.98 Å². The van der Waals surface area contributed by atoms with Crippen LogP contribution in [0.1, 0.15) is 18.4 Å². The van der Waals surface area contributed by atoms with E-state index in [1.807, 2.05) is 12.3 Å². The first-order valence-electron chi connectivity index (χ1n) is 6.61. The lowest BCUT2D eigenvalue weighted by Crippen LogP contribution is -2.34. The van der Waals surface area contributed by atoms with Crippen molar-refractivity contribution in [3.63, 3.8) is 0 Å². The Morgan fingerprint density at radius 3 is 3.00 bits per heavy atom. The van der Waals surface area contributed by atoms with Gasteiger partial charge in [-0.15, -0.1) is 0 Å². The Balaban J connectivity index is 1.70. The van der Waals surface area contributed by atoms with Gasteiger partial charge in [0.15, 0.2) is 0 Å². The van der Waals surface area contributed by atoms with Crippen LogP contribution < -0.4 is 0 Å². The van der Waals surface area contributed by atoms with E-state index >= 15 is 0 Å². The number of likely N-dealkylation sites (tertiary alicyclic amines) is 1. The molecule has 96 valence electrons. The first kappa shape index (κ1) is 11.7. The fraction of sp³-hybridized carbons (Fsp3) is 0.500. The molecule has 1 saturated heterocycles. The van der Waals surface area contributed by atoms with Crippen molar-refractivity contribution in [1.82, 2.24) is 14.9 Å². The Bertz CT molecular complexity index is 514. The molecule has 0 aromatic carbocycles. The summed E-state index contributed by atoms with van der Waals surface area (Å²) < 4.78 is 0. The van der Waals surface area contributed by atoms with Gasteiger partial charge in [-0.3, -0.25) is 4.90 Å². The second-order valence-electron chi connectivity index (χ2n) is 5.12. The number of H-pyrrole nitrogens is 1. The van der Waals surface area contributed by atoms with Crippen LogP contribution in [0.25, 0.3) is 11.0 Å². The summed E-state index contributed by atoms with van der Waals surface area (Å²) in [4.78, 5) is 9.99. The molecule has 2 aromatic heterocycles. The molecule has 3 rings (SSSR count). The molecule has 0 unspecified atom stereocenters. The van der Waals surface area contributed by atoms with Crippen molar-refractivity contribution < 1.29 is 5.11 Å². The number of rotatable bonds is 3. The zero-order valence-corrected chi connectivity index (χ0v) is 10.5. The number of aliphatic hydroxyl groups is 1. The number of piperidine rings is 1. The van der Waals surface area contributed by atoms with Gasteiger partial charge in [0.1, 0.15) is 5.65 Å². The fourth-order valence-corrected chi connectivity index (χ4v) is 2.71. The third-order valence-electron chi connectivity index (χ3n) is 3.90. The van der Waals surface area contributed by atoms with Crippen molar-refractivity contribution in [2.24, 2.45) is 5.92 Å². The summed E-state index contributed by atoms with van der Waals surface area (Å²) >= 11 is 0. The maximum absolute atomic E-state index is 9.14. The Morgan fingerprint density at radius 2 is 2.22 bits per heavy atom. The number of aromatic amines is 1. The van der Waals surface area contributed by atoms with Gasteiger partial charge in [-0.1, -0.05) is 0 Å². The van der Waals surface area contributed by atoms with E-state index in [1.165, 1.54) is 10.9 Å². The van der Waals surface area contributed by atoms with Gasteiger partial charge in [-0.05, 0) is 49.5 Å². The van der Waals surface area contributed by atoms with Crippen LogP contribution in [0.5, 0.6) is 0 Å². The van der Waals surface area contributed by atoms with E-state index < -0.39 is 0 Å². The zero-order chi connectivity index (χ0) is 12.4. The minimum Gasteiger partial charge on any atom is -0.396 e. The molecule has 0 aliphatic carbocycles. The van der Waals surface area contributed by atoms with Crippen molar-refractivity contribution in [3.05, 3.63) is 30.1 Å². The van der Waals surface area contributed by atoms with Gasteiger partial charge in [0.2, 0.25) is 0 Å². The standard InChI is InChI=1S/C14H19N3O/c18-10-11-3-6-17(7-4-11)9-12-8-16-14-13(12)2-1-5-15-14/h1-2,5,8,11,18H,3-4,6-7,9-10H2,(H,15,16). The van der Waals surface area contributed by atoms with Gasteiger partial charge >= 0.3 is 0 Å². The zero-order valence-electron chi connectivity index (χ0n) is 10.5. The average Bonchev–Trinajstić information content (AvgIpc) is 2.83. The Kier molecular flexibility index (Phi) is 3.30. The van der Waals surface area contributed by atoms with E-state index in [0.29, 0.717) is 12.5 Å². The number of pyridine rings is 1. The van der Waals surface area contributed by atoms with E-state index in [0.717, 1.165) is 38.1 Å². The highest BCUT2D eigenvalue weighted by Gasteiger charge is 2.19. The lowest BCUT2D eigenvalue weighted by Gasteiger charge is -2.30. The van der Waals surface area contributed by atoms with Gasteiger partial charge in [0.25, 0.3) is 0 Å². The SMILES string of the molecule is OCC1CCN(Cc2c[nH]c3ncccc23)CC1. The summed E-state index contributed by atoms with van der Waals surface area (Å²) in [5, 5.41) is 10.4. The molecular weight excluding hydrogens is 226 g/mol. The van der Waals surface area contributed by atoms with Crippen molar-refractivity contribution >= 4 is 11.0 Å². The summed E-state index contributed by atoms with van der Waals surface area (Å²) in [6, 6.07) is 4.10. The number of hydrogen-bond donors (Lipinski definition) is 2. The van der Waals surface area contributed by atoms with Gasteiger partial charge < -0.3 is 10.1 Å². The molecule has 18 heavy (non-hydrogen) atoms. The summed E-state index contributed by atoms with van der Waals surface area (Å²) in [5.41, 5.74) is 2.29. The van der Waals surface area contributed by atoms with Crippen LogP contribution in [0.2, 0.25) is 0 Å². The molecule has 0 bridgehead atoms. The lowest BCUT2D eigenvalue weighted by atomic mass is 9.97. The predicted molar refractivity (Wildman–Crippen MR) is 71.2 cm³/mol. The number of fused-ring (bicyclic) bond motifs is 1. The van der Waals surface area contributed by atoms with E-state index in [-0.39, 0.29) is 0 Å². The average molecular weight is 245 g/mol. The third kappa shape index (κ3) is 2.26. The number of aromatic nitrogens is 2. The van der Waals surface area contributed by atoms with Crippen LogP contribution in [-0.4, -0.2) is 39.7 Å². The van der Waals surface area contributed by atoms with Crippen LogP contribution in [0, 0.1) is 5.92 Å². The van der Waals surface area contributed by atoms with Crippen molar-refractivity contribution in [2.45, 2.75) is 19.4 Å². The molecular formula is C14H19N3O. The van der Waals surface area contributed by atoms with Crippen LogP contribution >= 0.6 is 0 Å². The smallest absolute Gasteiger partial charge is 0.137 e. The van der Waals surface area contributed by atoms with Gasteiger partial charge in [0, 0.05) is 30.9 Å². The van der Waals surface area contributed by atoms with E-state index in [1.54, 1.807) is 0 Å². The molecule has 4 nitrogen and oxygen atoms in total. The Hall–Kier alpha value is -1.39. The number of nitrogens with zero attached hydrogens (tertiary/aromatic N) is 2. The molecule has 4 heteroatoms. The third-order valence-corrected chi connectivity index (χ3v) is 3.90. The molecule has 0 atom stereocenters. The molecule has 2 aromatic rings. The highest BCUT2D eigenvalue weighted by molar-refractivity contribution is 5.79. The van der Waals surface area contributed by atoms with E-state index in [2.05, 4.69) is 27.1 Å². The van der Waals surface area contributed by atoms with E-state index in [4.69, 9.17) is 5.11 Å². The molecule has 1 fully saturated rings. The van der Waals surface area contributed by atoms with Crippen LogP contribution in [-0.2, 0) is 6.54 Å². The second-order valence-corrected chi connectivity index (χ2v) is 5.12. The molecule has 1 aliphatic heterocycles. The van der Waals surface area contributed by atoms with Crippen LogP contribution in [0.3, 0.4) is 0 Å². The van der Waals surface area contributed by atoms with Crippen LogP contribution in [0.4, 0.5) is 0 Å². The first-order valence-corrected chi connectivity index (χ1v) is 6.61. The van der Waals surface area contributed by atoms with Crippen molar-refractivity contribution in [2.75, 3.05) is 19.7 Å². The molecule has 0 spiro atoms. The van der Waals surface area contributed by atoms with Crippen molar-refractivity contribution in [3.8, 4) is 0 Å². The Morgan fingerprint density at radius 1 is 1.39 bits per heavy atom. The van der Waals surface area contributed by atoms with Crippen LogP contribution in [0.15, 0.2) is 24.5 Å². The minimum atomic E-state index is 0.338. The summed E-state index contributed by atoms with van der Waals surface area (Å²) in [5.74, 6) is 0.505. The Labute approximate surface area is 107 Å². The van der Waals surface area contributed by atoms with Crippen molar-refractivity contribution in [1.29, 1.82) is 0 Å². The molecule has 0 amide bonds. The maximum Gasteiger partial charge on any atom is 0.137 e. The predicted octanol–water partition coefficient (Wildman–Crippen LogP) is 1.77. The molecule has 0 saturated carbocycles. The minimum absolute atomic E-state index is 0.338. The highest BCUT2D eigenvalue weighted by atomic mass is 16.3. The second kappa shape index (κ2) is 5.08. The quantitative estimate of drug-likeness (QED) is 0.866. The molecule has 1 aliphatic rings. The number of aliphatic hydroxyl groups excluding tert-OH is 1. The fourth-order valence-electron chi connectivity index (χ4n) is 2.71. The molecule has 3 heterocycles. The topological polar surface area (TPSA) is 52.1 Å². The normalized spacial score (nSPS) is 18.5. The summed E-state index contributed by atoms with van der Waals surface area (Å²) in [6.45, 7) is 3.48. The first-order chi connectivity index (χ1) is 8.86. The lowest BCUT2D eigenvalue weighted by molar-refractivity contribution is 0.127. The molecule has 0 radical (unpaired) electrons. The van der Waals surface area contributed by atoms with Gasteiger partial charge in [-0.2, -0.15) is 0 Å². The molecule has 2 N–H and O–H groups in total. The van der Waals surface area contributed by atoms with E-state index in [9.17, 15) is 0 Å². The number of hydrogen-bond acceptors (Lipinski definition) is 3. The largest absolute Gasteiger partial charge is 0.396 e.